The van der Waals surface area contributed by atoms with Gasteiger partial charge in [0, 0.05) is 25.0 Å². The van der Waals surface area contributed by atoms with Crippen LogP contribution in [0.1, 0.15) is 31.0 Å². The highest BCUT2D eigenvalue weighted by Gasteiger charge is 2.43. The highest BCUT2D eigenvalue weighted by atomic mass is 32.1. The fourth-order valence-electron chi connectivity index (χ4n) is 3.05. The molecule has 0 saturated carbocycles. The molecule has 3 N–H and O–H groups in total. The summed E-state index contributed by atoms with van der Waals surface area (Å²) < 4.78 is 11.5. The molecule has 5 nitrogen and oxygen atoms in total. The van der Waals surface area contributed by atoms with Crippen molar-refractivity contribution in [2.45, 2.75) is 30.9 Å². The first-order valence-electron chi connectivity index (χ1n) is 6.39. The Hall–Kier alpha value is -0.530. The van der Waals surface area contributed by atoms with E-state index in [4.69, 9.17) is 15.3 Å². The Bertz CT molecular complexity index is 379. The van der Waals surface area contributed by atoms with Gasteiger partial charge in [-0.2, -0.15) is 0 Å². The molecule has 2 fully saturated rings. The van der Waals surface area contributed by atoms with Gasteiger partial charge in [0.05, 0.1) is 29.5 Å². The average Bonchev–Trinajstić information content (AvgIpc) is 3.03. The highest BCUT2D eigenvalue weighted by Crippen LogP contribution is 2.40. The van der Waals surface area contributed by atoms with Crippen LogP contribution in [0.5, 0.6) is 0 Å². The Kier molecular flexibility index (Phi) is 3.63. The molecule has 3 heterocycles. The molecule has 2 saturated heterocycles. The molecule has 3 rings (SSSR count). The van der Waals surface area contributed by atoms with Crippen molar-refractivity contribution >= 4 is 11.3 Å². The number of aromatic nitrogens is 1. The van der Waals surface area contributed by atoms with Crippen molar-refractivity contribution < 1.29 is 9.47 Å². The Morgan fingerprint density at radius 1 is 1.56 bits per heavy atom. The maximum absolute atomic E-state index is 5.96. The van der Waals surface area contributed by atoms with Crippen LogP contribution in [0.25, 0.3) is 0 Å². The minimum absolute atomic E-state index is 0.0754. The molecule has 0 aliphatic carbocycles. The van der Waals surface area contributed by atoms with Gasteiger partial charge in [0.2, 0.25) is 0 Å². The number of hydrogen-bond donors (Lipinski definition) is 2. The van der Waals surface area contributed by atoms with Crippen molar-refractivity contribution in [3.8, 4) is 0 Å². The lowest BCUT2D eigenvalue weighted by Gasteiger charge is -2.39. The number of ether oxygens (including phenoxy) is 2. The standard InChI is InChI=1S/C12H19N3O2S/c13-15-11(10-6-18-8-14-10)9-1-3-17-12(5-9)2-4-16-7-12/h6,8-9,11,15H,1-5,7,13H2. The fraction of sp³-hybridized carbons (Fsp3) is 0.750. The number of nitrogens with one attached hydrogen (secondary N) is 1. The topological polar surface area (TPSA) is 69.4 Å². The summed E-state index contributed by atoms with van der Waals surface area (Å²) in [5, 5.41) is 2.07. The largest absolute Gasteiger partial charge is 0.378 e. The number of nitrogens with two attached hydrogens (primary N) is 1. The van der Waals surface area contributed by atoms with Crippen LogP contribution in [0.3, 0.4) is 0 Å². The van der Waals surface area contributed by atoms with Crippen molar-refractivity contribution in [3.05, 3.63) is 16.6 Å². The molecule has 1 aromatic rings. The molecular weight excluding hydrogens is 250 g/mol. The highest BCUT2D eigenvalue weighted by molar-refractivity contribution is 7.07. The van der Waals surface area contributed by atoms with Gasteiger partial charge in [0.1, 0.15) is 0 Å². The average molecular weight is 269 g/mol. The Morgan fingerprint density at radius 3 is 3.17 bits per heavy atom. The van der Waals surface area contributed by atoms with E-state index in [9.17, 15) is 0 Å². The predicted octanol–water partition coefficient (Wildman–Crippen LogP) is 1.23. The van der Waals surface area contributed by atoms with E-state index in [1.165, 1.54) is 0 Å². The maximum Gasteiger partial charge on any atom is 0.0940 e. The van der Waals surface area contributed by atoms with E-state index in [0.29, 0.717) is 5.92 Å². The smallest absolute Gasteiger partial charge is 0.0940 e. The second-order valence-electron chi connectivity index (χ2n) is 5.14. The fourth-order valence-corrected chi connectivity index (χ4v) is 3.64. The molecule has 0 radical (unpaired) electrons. The summed E-state index contributed by atoms with van der Waals surface area (Å²) in [6.45, 7) is 2.32. The SMILES string of the molecule is NNC(c1cscn1)C1CCOC2(CCOC2)C1. The summed E-state index contributed by atoms with van der Waals surface area (Å²) in [7, 11) is 0. The van der Waals surface area contributed by atoms with Crippen LogP contribution < -0.4 is 11.3 Å². The first kappa shape index (κ1) is 12.5. The van der Waals surface area contributed by atoms with Gasteiger partial charge < -0.3 is 9.47 Å². The van der Waals surface area contributed by atoms with Crippen molar-refractivity contribution in [2.24, 2.45) is 11.8 Å². The van der Waals surface area contributed by atoms with Gasteiger partial charge in [-0.25, -0.2) is 4.98 Å². The summed E-state index contributed by atoms with van der Waals surface area (Å²) in [5.41, 5.74) is 5.75. The third-order valence-electron chi connectivity index (χ3n) is 4.02. The quantitative estimate of drug-likeness (QED) is 0.638. The zero-order valence-corrected chi connectivity index (χ0v) is 11.1. The van der Waals surface area contributed by atoms with Crippen LogP contribution in [-0.4, -0.2) is 30.4 Å². The molecule has 0 amide bonds. The zero-order chi connectivity index (χ0) is 12.4. The van der Waals surface area contributed by atoms with Crippen LogP contribution in [0.2, 0.25) is 0 Å². The first-order chi connectivity index (χ1) is 8.83. The monoisotopic (exact) mass is 269 g/mol. The van der Waals surface area contributed by atoms with E-state index < -0.39 is 0 Å². The molecule has 3 atom stereocenters. The number of nitrogens with zero attached hydrogens (tertiary/aromatic N) is 1. The van der Waals surface area contributed by atoms with E-state index in [-0.39, 0.29) is 11.6 Å². The second-order valence-corrected chi connectivity index (χ2v) is 5.86. The summed E-state index contributed by atoms with van der Waals surface area (Å²) in [6.07, 6.45) is 3.02. The van der Waals surface area contributed by atoms with E-state index in [2.05, 4.69) is 15.8 Å². The van der Waals surface area contributed by atoms with Gasteiger partial charge in [0.25, 0.3) is 0 Å². The molecule has 18 heavy (non-hydrogen) atoms. The van der Waals surface area contributed by atoms with Gasteiger partial charge in [-0.15, -0.1) is 11.3 Å². The first-order valence-corrected chi connectivity index (χ1v) is 7.33. The van der Waals surface area contributed by atoms with Crippen LogP contribution in [-0.2, 0) is 9.47 Å². The molecule has 6 heteroatoms. The molecule has 2 aliphatic rings. The minimum Gasteiger partial charge on any atom is -0.378 e. The molecule has 1 aromatic heterocycles. The third kappa shape index (κ3) is 2.31. The number of hydrogen-bond acceptors (Lipinski definition) is 6. The zero-order valence-electron chi connectivity index (χ0n) is 10.3. The lowest BCUT2D eigenvalue weighted by Crippen LogP contribution is -2.45. The van der Waals surface area contributed by atoms with Crippen molar-refractivity contribution in [1.82, 2.24) is 10.4 Å². The Labute approximate surface area is 111 Å². The van der Waals surface area contributed by atoms with Gasteiger partial charge in [-0.05, 0) is 18.8 Å². The number of thiazole rings is 1. The lowest BCUT2D eigenvalue weighted by molar-refractivity contribution is -0.103. The summed E-state index contributed by atoms with van der Waals surface area (Å²) in [5.74, 6) is 6.19. The van der Waals surface area contributed by atoms with Crippen LogP contribution in [0.4, 0.5) is 0 Å². The van der Waals surface area contributed by atoms with Gasteiger partial charge in [-0.3, -0.25) is 11.3 Å². The molecule has 100 valence electrons. The summed E-state index contributed by atoms with van der Waals surface area (Å²) >= 11 is 1.61. The molecule has 1 spiro atoms. The summed E-state index contributed by atoms with van der Waals surface area (Å²) in [4.78, 5) is 4.38. The minimum atomic E-state index is -0.0754. The van der Waals surface area contributed by atoms with Gasteiger partial charge >= 0.3 is 0 Å². The van der Waals surface area contributed by atoms with Crippen LogP contribution >= 0.6 is 11.3 Å². The van der Waals surface area contributed by atoms with Crippen molar-refractivity contribution in [1.29, 1.82) is 0 Å². The predicted molar refractivity (Wildman–Crippen MR) is 69.0 cm³/mol. The lowest BCUT2D eigenvalue weighted by atomic mass is 9.80. The maximum atomic E-state index is 5.96. The van der Waals surface area contributed by atoms with Gasteiger partial charge in [-0.1, -0.05) is 0 Å². The van der Waals surface area contributed by atoms with E-state index >= 15 is 0 Å². The van der Waals surface area contributed by atoms with Crippen LogP contribution in [0, 0.1) is 5.92 Å². The molecular formula is C12H19N3O2S. The molecule has 2 aliphatic heterocycles. The Balaban J connectivity index is 1.74. The van der Waals surface area contributed by atoms with E-state index in [1.54, 1.807) is 11.3 Å². The van der Waals surface area contributed by atoms with Gasteiger partial charge in [0.15, 0.2) is 0 Å². The van der Waals surface area contributed by atoms with Crippen LogP contribution in [0.15, 0.2) is 10.9 Å². The molecule has 3 unspecified atom stereocenters. The Morgan fingerprint density at radius 2 is 2.50 bits per heavy atom. The number of rotatable bonds is 3. The van der Waals surface area contributed by atoms with Crippen molar-refractivity contribution in [3.63, 3.8) is 0 Å². The third-order valence-corrected chi connectivity index (χ3v) is 4.62. The molecule has 0 aromatic carbocycles. The second kappa shape index (κ2) is 5.22. The molecule has 0 bridgehead atoms. The van der Waals surface area contributed by atoms with E-state index in [1.807, 2.05) is 5.51 Å². The van der Waals surface area contributed by atoms with Crippen molar-refractivity contribution in [2.75, 3.05) is 19.8 Å². The summed E-state index contributed by atoms with van der Waals surface area (Å²) in [6, 6.07) is 0.123. The van der Waals surface area contributed by atoms with E-state index in [0.717, 1.165) is 44.8 Å². The number of hydrazine groups is 1. The normalized spacial score (nSPS) is 33.9.